The largest absolute Gasteiger partial charge is 0.354 e. The van der Waals surface area contributed by atoms with Gasteiger partial charge in [-0.15, -0.1) is 0 Å². The van der Waals surface area contributed by atoms with Crippen molar-refractivity contribution < 1.29 is 9.47 Å². The van der Waals surface area contributed by atoms with E-state index in [-0.39, 0.29) is 6.29 Å². The first-order chi connectivity index (χ1) is 8.24. The molecule has 17 heavy (non-hydrogen) atoms. The number of ether oxygens (including phenoxy) is 2. The fourth-order valence-electron chi connectivity index (χ4n) is 1.68. The Kier molecular flexibility index (Phi) is 4.15. The van der Waals surface area contributed by atoms with E-state index in [0.717, 1.165) is 21.2 Å². The van der Waals surface area contributed by atoms with Crippen molar-refractivity contribution in [2.75, 3.05) is 13.2 Å². The molecule has 0 bridgehead atoms. The van der Waals surface area contributed by atoms with Crippen LogP contribution in [-0.2, 0) is 9.47 Å². The Bertz CT molecular complexity index is 492. The van der Waals surface area contributed by atoms with Gasteiger partial charge in [0.1, 0.15) is 4.60 Å². The molecule has 2 aromatic rings. The van der Waals surface area contributed by atoms with Gasteiger partial charge in [0.05, 0.1) is 5.69 Å². The van der Waals surface area contributed by atoms with E-state index in [1.54, 1.807) is 0 Å². The molecular weight excluding hydrogens is 284 g/mol. The third-order valence-electron chi connectivity index (χ3n) is 2.38. The summed E-state index contributed by atoms with van der Waals surface area (Å²) in [4.78, 5) is 7.47. The summed E-state index contributed by atoms with van der Waals surface area (Å²) in [6, 6.07) is 3.94. The van der Waals surface area contributed by atoms with Crippen LogP contribution in [0.2, 0.25) is 0 Å². The number of fused-ring (bicyclic) bond motifs is 1. The minimum absolute atomic E-state index is 0.337. The van der Waals surface area contributed by atoms with E-state index in [0.29, 0.717) is 13.2 Å². The molecule has 2 heterocycles. The predicted molar refractivity (Wildman–Crippen MR) is 69.8 cm³/mol. The Morgan fingerprint density at radius 2 is 2.00 bits per heavy atom. The molecule has 0 aliphatic rings. The van der Waals surface area contributed by atoms with Gasteiger partial charge in [0.15, 0.2) is 6.29 Å². The Hall–Kier alpha value is -0.910. The summed E-state index contributed by atoms with van der Waals surface area (Å²) in [6.07, 6.45) is 1.48. The smallest absolute Gasteiger partial charge is 0.198 e. The molecule has 0 spiro atoms. The van der Waals surface area contributed by atoms with Gasteiger partial charge in [-0.3, -0.25) is 0 Å². The molecule has 1 N–H and O–H groups in total. The summed E-state index contributed by atoms with van der Waals surface area (Å²) < 4.78 is 11.9. The standard InChI is InChI=1S/C12H15BrN2O2/c1-3-16-12(17-4-2)10-5-8-7-14-11(13)6-9(8)15-10/h5-7,12,15H,3-4H2,1-2H3. The van der Waals surface area contributed by atoms with Crippen LogP contribution < -0.4 is 0 Å². The number of aromatic nitrogens is 2. The highest BCUT2D eigenvalue weighted by Gasteiger charge is 2.14. The number of aromatic amines is 1. The van der Waals surface area contributed by atoms with Crippen LogP contribution in [0.3, 0.4) is 0 Å². The first-order valence-corrected chi connectivity index (χ1v) is 6.41. The lowest BCUT2D eigenvalue weighted by atomic mass is 10.3. The molecule has 0 aliphatic heterocycles. The normalized spacial score (nSPS) is 11.5. The van der Waals surface area contributed by atoms with Crippen LogP contribution in [0.1, 0.15) is 25.8 Å². The van der Waals surface area contributed by atoms with Gasteiger partial charge in [-0.05, 0) is 41.9 Å². The zero-order valence-corrected chi connectivity index (χ0v) is 11.5. The predicted octanol–water partition coefficient (Wildman–Crippen LogP) is 3.40. The van der Waals surface area contributed by atoms with Gasteiger partial charge in [0.25, 0.3) is 0 Å². The van der Waals surface area contributed by atoms with Crippen molar-refractivity contribution in [1.82, 2.24) is 9.97 Å². The van der Waals surface area contributed by atoms with Gasteiger partial charge >= 0.3 is 0 Å². The molecule has 0 aliphatic carbocycles. The van der Waals surface area contributed by atoms with Crippen molar-refractivity contribution in [3.05, 3.63) is 28.6 Å². The van der Waals surface area contributed by atoms with E-state index in [2.05, 4.69) is 25.9 Å². The Balaban J connectivity index is 2.33. The highest BCUT2D eigenvalue weighted by Crippen LogP contribution is 2.24. The average Bonchev–Trinajstić information content (AvgIpc) is 2.71. The summed E-state index contributed by atoms with van der Waals surface area (Å²) in [5.74, 6) is 0. The number of nitrogens with one attached hydrogen (secondary N) is 1. The fraction of sp³-hybridized carbons (Fsp3) is 0.417. The summed E-state index contributed by atoms with van der Waals surface area (Å²) in [6.45, 7) is 5.13. The monoisotopic (exact) mass is 298 g/mol. The van der Waals surface area contributed by atoms with Gasteiger partial charge < -0.3 is 14.5 Å². The highest BCUT2D eigenvalue weighted by molar-refractivity contribution is 9.10. The van der Waals surface area contributed by atoms with E-state index in [9.17, 15) is 0 Å². The van der Waals surface area contributed by atoms with Gasteiger partial charge in [0, 0.05) is 30.3 Å². The van der Waals surface area contributed by atoms with Gasteiger partial charge in [-0.2, -0.15) is 0 Å². The maximum absolute atomic E-state index is 5.54. The number of halogens is 1. The SMILES string of the molecule is CCOC(OCC)c1cc2cnc(Br)cc2[nH]1. The number of hydrogen-bond donors (Lipinski definition) is 1. The molecule has 4 nitrogen and oxygen atoms in total. The van der Waals surface area contributed by atoms with Crippen molar-refractivity contribution in [1.29, 1.82) is 0 Å². The maximum Gasteiger partial charge on any atom is 0.198 e. The number of rotatable bonds is 5. The van der Waals surface area contributed by atoms with Crippen LogP contribution in [0.25, 0.3) is 10.9 Å². The minimum Gasteiger partial charge on any atom is -0.354 e. The number of H-pyrrole nitrogens is 1. The van der Waals surface area contributed by atoms with Crippen molar-refractivity contribution >= 4 is 26.8 Å². The first-order valence-electron chi connectivity index (χ1n) is 5.62. The molecule has 92 valence electrons. The lowest BCUT2D eigenvalue weighted by Crippen LogP contribution is -2.08. The number of pyridine rings is 1. The lowest BCUT2D eigenvalue weighted by molar-refractivity contribution is -0.142. The molecule has 2 rings (SSSR count). The van der Waals surface area contributed by atoms with Crippen LogP contribution in [0.15, 0.2) is 22.9 Å². The summed E-state index contributed by atoms with van der Waals surface area (Å²) in [5.41, 5.74) is 1.94. The Morgan fingerprint density at radius 1 is 1.29 bits per heavy atom. The van der Waals surface area contributed by atoms with Crippen molar-refractivity contribution in [2.24, 2.45) is 0 Å². The quantitative estimate of drug-likeness (QED) is 0.680. The van der Waals surface area contributed by atoms with Crippen molar-refractivity contribution in [2.45, 2.75) is 20.1 Å². The molecule has 0 unspecified atom stereocenters. The zero-order valence-electron chi connectivity index (χ0n) is 9.87. The van der Waals surface area contributed by atoms with E-state index >= 15 is 0 Å². The molecule has 2 aromatic heterocycles. The second-order valence-electron chi connectivity index (χ2n) is 3.56. The van der Waals surface area contributed by atoms with Gasteiger partial charge in [0.2, 0.25) is 0 Å². The van der Waals surface area contributed by atoms with Crippen LogP contribution in [0.5, 0.6) is 0 Å². The van der Waals surface area contributed by atoms with E-state index in [1.807, 2.05) is 32.2 Å². The summed E-state index contributed by atoms with van der Waals surface area (Å²) >= 11 is 3.35. The van der Waals surface area contributed by atoms with Crippen molar-refractivity contribution in [3.63, 3.8) is 0 Å². The molecule has 0 atom stereocenters. The van der Waals surface area contributed by atoms with Gasteiger partial charge in [-0.25, -0.2) is 4.98 Å². The van der Waals surface area contributed by atoms with E-state index in [4.69, 9.17) is 9.47 Å². The second-order valence-corrected chi connectivity index (χ2v) is 4.37. The first kappa shape index (κ1) is 12.5. The maximum atomic E-state index is 5.54. The third kappa shape index (κ3) is 2.86. The van der Waals surface area contributed by atoms with Crippen LogP contribution in [0.4, 0.5) is 0 Å². The third-order valence-corrected chi connectivity index (χ3v) is 2.82. The molecular formula is C12H15BrN2O2. The summed E-state index contributed by atoms with van der Waals surface area (Å²) in [5, 5.41) is 1.05. The molecule has 0 radical (unpaired) electrons. The summed E-state index contributed by atoms with van der Waals surface area (Å²) in [7, 11) is 0. The second kappa shape index (κ2) is 5.62. The van der Waals surface area contributed by atoms with Crippen LogP contribution in [-0.4, -0.2) is 23.2 Å². The Labute approximate surface area is 108 Å². The molecule has 0 fully saturated rings. The van der Waals surface area contributed by atoms with E-state index < -0.39 is 0 Å². The van der Waals surface area contributed by atoms with Crippen LogP contribution >= 0.6 is 15.9 Å². The lowest BCUT2D eigenvalue weighted by Gasteiger charge is -2.15. The van der Waals surface area contributed by atoms with E-state index in [1.165, 1.54) is 0 Å². The topological polar surface area (TPSA) is 47.1 Å². The molecule has 5 heteroatoms. The van der Waals surface area contributed by atoms with Crippen LogP contribution in [0, 0.1) is 0 Å². The molecule has 0 saturated heterocycles. The fourth-order valence-corrected chi connectivity index (χ4v) is 2.01. The average molecular weight is 299 g/mol. The number of hydrogen-bond acceptors (Lipinski definition) is 3. The van der Waals surface area contributed by atoms with Gasteiger partial charge in [-0.1, -0.05) is 0 Å². The number of nitrogens with zero attached hydrogens (tertiary/aromatic N) is 1. The molecule has 0 amide bonds. The zero-order chi connectivity index (χ0) is 12.3. The molecule has 0 saturated carbocycles. The Morgan fingerprint density at radius 3 is 2.65 bits per heavy atom. The highest BCUT2D eigenvalue weighted by atomic mass is 79.9. The molecule has 0 aromatic carbocycles. The minimum atomic E-state index is -0.337. The van der Waals surface area contributed by atoms with Crippen molar-refractivity contribution in [3.8, 4) is 0 Å².